The minimum atomic E-state index is -3.17. The van der Waals surface area contributed by atoms with E-state index in [-0.39, 0.29) is 28.8 Å². The molecule has 0 saturated carbocycles. The zero-order valence-electron chi connectivity index (χ0n) is 16.2. The number of nitrogens with zero attached hydrogens (tertiary/aromatic N) is 3. The maximum absolute atomic E-state index is 13.3. The highest BCUT2D eigenvalue weighted by Crippen LogP contribution is 2.25. The molecule has 1 aromatic carbocycles. The smallest absolute Gasteiger partial charge is 0.274 e. The van der Waals surface area contributed by atoms with Gasteiger partial charge in [0.2, 0.25) is 0 Å². The summed E-state index contributed by atoms with van der Waals surface area (Å²) in [4.78, 5) is 23.2. The molecule has 2 heterocycles. The topological polar surface area (TPSA) is 89.5 Å². The summed E-state index contributed by atoms with van der Waals surface area (Å²) >= 11 is 7.50. The molecule has 0 N–H and O–H groups in total. The number of halogens is 1. The summed E-state index contributed by atoms with van der Waals surface area (Å²) in [6.45, 7) is 2.72. The Hall–Kier alpha value is -1.84. The first-order chi connectivity index (χ1) is 13.8. The Bertz CT molecular complexity index is 983. The number of hydrogen-bond acceptors (Lipinski definition) is 7. The fourth-order valence-electron chi connectivity index (χ4n) is 3.18. The summed E-state index contributed by atoms with van der Waals surface area (Å²) in [5, 5.41) is 0.572. The van der Waals surface area contributed by atoms with Crippen molar-refractivity contribution in [3.05, 3.63) is 46.7 Å². The molecule has 0 aliphatic carbocycles. The van der Waals surface area contributed by atoms with Crippen molar-refractivity contribution in [2.45, 2.75) is 31.1 Å². The van der Waals surface area contributed by atoms with Gasteiger partial charge in [0.05, 0.1) is 29.3 Å². The maximum atomic E-state index is 13.3. The van der Waals surface area contributed by atoms with Gasteiger partial charge >= 0.3 is 0 Å². The number of carbonyl (C=O) groups excluding carboxylic acids is 1. The zero-order chi connectivity index (χ0) is 21.0. The van der Waals surface area contributed by atoms with Crippen LogP contribution < -0.4 is 4.74 Å². The lowest BCUT2D eigenvalue weighted by molar-refractivity contribution is 0.0674. The predicted molar refractivity (Wildman–Crippen MR) is 113 cm³/mol. The third kappa shape index (κ3) is 5.40. The number of aromatic nitrogens is 2. The molecule has 0 radical (unpaired) electrons. The fourth-order valence-corrected chi connectivity index (χ4v) is 5.42. The van der Waals surface area contributed by atoms with Crippen LogP contribution in [0.25, 0.3) is 0 Å². The largest absolute Gasteiger partial charge is 0.494 e. The zero-order valence-corrected chi connectivity index (χ0v) is 18.6. The molecule has 7 nitrogen and oxygen atoms in total. The minimum Gasteiger partial charge on any atom is -0.494 e. The van der Waals surface area contributed by atoms with Crippen molar-refractivity contribution in [2.24, 2.45) is 0 Å². The van der Waals surface area contributed by atoms with Crippen LogP contribution in [0.15, 0.2) is 35.6 Å². The molecule has 29 heavy (non-hydrogen) atoms. The number of thioether (sulfide) groups is 1. The lowest BCUT2D eigenvalue weighted by atomic mass is 10.1. The number of sulfone groups is 1. The number of carbonyl (C=O) groups is 1. The number of benzene rings is 1. The van der Waals surface area contributed by atoms with Crippen LogP contribution in [0.3, 0.4) is 0 Å². The van der Waals surface area contributed by atoms with Crippen LogP contribution in [0, 0.1) is 0 Å². The summed E-state index contributed by atoms with van der Waals surface area (Å²) in [7, 11) is -3.17. The molecular weight excluding hydrogens is 434 g/mol. The van der Waals surface area contributed by atoms with Crippen LogP contribution in [0.5, 0.6) is 5.75 Å². The number of ether oxygens (including phenoxy) is 1. The van der Waals surface area contributed by atoms with Crippen LogP contribution in [-0.4, -0.2) is 59.6 Å². The van der Waals surface area contributed by atoms with Gasteiger partial charge in [-0.05, 0) is 37.3 Å². The number of hydrogen-bond donors (Lipinski definition) is 0. The predicted octanol–water partition coefficient (Wildman–Crippen LogP) is 3.08. The van der Waals surface area contributed by atoms with E-state index in [2.05, 4.69) is 9.97 Å². The van der Waals surface area contributed by atoms with Gasteiger partial charge in [0.1, 0.15) is 5.75 Å². The average Bonchev–Trinajstić information content (AvgIpc) is 3.07. The molecule has 3 rings (SSSR count). The van der Waals surface area contributed by atoms with Crippen molar-refractivity contribution in [1.29, 1.82) is 0 Å². The molecule has 1 fully saturated rings. The van der Waals surface area contributed by atoms with E-state index in [0.717, 1.165) is 11.3 Å². The molecule has 1 aliphatic rings. The Balaban J connectivity index is 1.92. The highest BCUT2D eigenvalue weighted by molar-refractivity contribution is 7.98. The summed E-state index contributed by atoms with van der Waals surface area (Å²) in [5.41, 5.74) is 0.947. The molecule has 156 valence electrons. The number of rotatable bonds is 7. The third-order valence-corrected chi connectivity index (χ3v) is 7.19. The highest BCUT2D eigenvalue weighted by Gasteiger charge is 2.36. The van der Waals surface area contributed by atoms with Crippen molar-refractivity contribution in [2.75, 3.05) is 24.4 Å². The van der Waals surface area contributed by atoms with E-state index in [1.165, 1.54) is 18.0 Å². The van der Waals surface area contributed by atoms with Gasteiger partial charge in [0.15, 0.2) is 20.7 Å². The van der Waals surface area contributed by atoms with Crippen LogP contribution in [0.1, 0.15) is 29.4 Å². The van der Waals surface area contributed by atoms with Crippen molar-refractivity contribution in [3.8, 4) is 5.75 Å². The molecule has 1 aliphatic heterocycles. The van der Waals surface area contributed by atoms with Gasteiger partial charge in [-0.25, -0.2) is 18.4 Å². The van der Waals surface area contributed by atoms with E-state index in [4.69, 9.17) is 16.3 Å². The van der Waals surface area contributed by atoms with E-state index in [0.29, 0.717) is 18.2 Å². The first-order valence-corrected chi connectivity index (χ1v) is 12.5. The van der Waals surface area contributed by atoms with Gasteiger partial charge in [-0.3, -0.25) is 4.79 Å². The normalized spacial score (nSPS) is 17.8. The Morgan fingerprint density at radius 3 is 2.66 bits per heavy atom. The Morgan fingerprint density at radius 2 is 2.07 bits per heavy atom. The van der Waals surface area contributed by atoms with Crippen molar-refractivity contribution in [3.63, 3.8) is 0 Å². The van der Waals surface area contributed by atoms with Gasteiger partial charge in [-0.2, -0.15) is 0 Å². The van der Waals surface area contributed by atoms with E-state index >= 15 is 0 Å². The molecule has 1 atom stereocenters. The van der Waals surface area contributed by atoms with Crippen LogP contribution in [0.4, 0.5) is 0 Å². The summed E-state index contributed by atoms with van der Waals surface area (Å²) in [6.07, 6.45) is 3.59. The van der Waals surface area contributed by atoms with E-state index in [1.54, 1.807) is 11.2 Å². The highest BCUT2D eigenvalue weighted by atomic mass is 35.5. The lowest BCUT2D eigenvalue weighted by Gasteiger charge is -2.28. The quantitative estimate of drug-likeness (QED) is 0.468. The molecule has 0 unspecified atom stereocenters. The van der Waals surface area contributed by atoms with Gasteiger partial charge in [-0.15, -0.1) is 0 Å². The SMILES string of the molecule is CCOc1ccc(CN(C(=O)c2nc(SC)ncc2Cl)[C@H]2CCS(=O)(=O)C2)cc1. The molecule has 0 bridgehead atoms. The molecule has 1 amide bonds. The van der Waals surface area contributed by atoms with Crippen LogP contribution >= 0.6 is 23.4 Å². The van der Waals surface area contributed by atoms with E-state index < -0.39 is 21.8 Å². The van der Waals surface area contributed by atoms with Gasteiger partial charge in [-0.1, -0.05) is 35.5 Å². The standard InChI is InChI=1S/C19H22ClN3O4S2/c1-3-27-15-6-4-13(5-7-15)11-23(14-8-9-29(25,26)12-14)18(24)17-16(20)10-21-19(22-17)28-2/h4-7,10,14H,3,8-9,11-12H2,1-2H3/t14-/m0/s1. The Kier molecular flexibility index (Phi) is 7.02. The molecule has 0 spiro atoms. The van der Waals surface area contributed by atoms with Gasteiger partial charge in [0, 0.05) is 12.6 Å². The number of amides is 1. The van der Waals surface area contributed by atoms with Crippen molar-refractivity contribution in [1.82, 2.24) is 14.9 Å². The monoisotopic (exact) mass is 455 g/mol. The lowest BCUT2D eigenvalue weighted by Crippen LogP contribution is -2.41. The molecule has 10 heteroatoms. The second kappa shape index (κ2) is 9.32. The molecule has 1 aromatic heterocycles. The maximum Gasteiger partial charge on any atom is 0.274 e. The molecular formula is C19H22ClN3O4S2. The first kappa shape index (κ1) is 21.9. The van der Waals surface area contributed by atoms with Crippen molar-refractivity contribution >= 4 is 39.1 Å². The van der Waals surface area contributed by atoms with Crippen LogP contribution in [-0.2, 0) is 16.4 Å². The van der Waals surface area contributed by atoms with Crippen LogP contribution in [0.2, 0.25) is 5.02 Å². The first-order valence-electron chi connectivity index (χ1n) is 9.12. The second-order valence-corrected chi connectivity index (χ2v) is 10.0. The van der Waals surface area contributed by atoms with E-state index in [1.807, 2.05) is 31.2 Å². The average molecular weight is 456 g/mol. The Morgan fingerprint density at radius 1 is 1.34 bits per heavy atom. The van der Waals surface area contributed by atoms with Gasteiger partial charge < -0.3 is 9.64 Å². The van der Waals surface area contributed by atoms with E-state index in [9.17, 15) is 13.2 Å². The summed E-state index contributed by atoms with van der Waals surface area (Å²) in [6, 6.07) is 6.96. The minimum absolute atomic E-state index is 0.0616. The summed E-state index contributed by atoms with van der Waals surface area (Å²) < 4.78 is 29.5. The van der Waals surface area contributed by atoms with Crippen molar-refractivity contribution < 1.29 is 17.9 Å². The summed E-state index contributed by atoms with van der Waals surface area (Å²) in [5.74, 6) is 0.344. The Labute approximate surface area is 179 Å². The fraction of sp³-hybridized carbons (Fsp3) is 0.421. The van der Waals surface area contributed by atoms with Gasteiger partial charge in [0.25, 0.3) is 5.91 Å². The third-order valence-electron chi connectivity index (χ3n) is 4.60. The second-order valence-electron chi connectivity index (χ2n) is 6.62. The molecule has 2 aromatic rings. The molecule has 1 saturated heterocycles.